The van der Waals surface area contributed by atoms with E-state index in [4.69, 9.17) is 9.47 Å². The van der Waals surface area contributed by atoms with Gasteiger partial charge in [-0.25, -0.2) is 23.5 Å². The molecule has 0 radical (unpaired) electrons. The molecule has 0 spiro atoms. The first kappa shape index (κ1) is 23.9. The van der Waals surface area contributed by atoms with Crippen molar-refractivity contribution in [2.24, 2.45) is 12.0 Å². The number of hydrogen-bond donors (Lipinski definition) is 0. The molecule has 0 fully saturated rings. The number of aryl methyl sites for hydroxylation is 2. The summed E-state index contributed by atoms with van der Waals surface area (Å²) in [6.45, 7) is 6.93. The van der Waals surface area contributed by atoms with Crippen LogP contribution in [0.25, 0.3) is 11.3 Å². The van der Waals surface area contributed by atoms with Gasteiger partial charge in [-0.2, -0.15) is 5.10 Å². The molecule has 9 nitrogen and oxygen atoms in total. The predicted molar refractivity (Wildman–Crippen MR) is 128 cm³/mol. The third-order valence-corrected chi connectivity index (χ3v) is 5.71. The lowest BCUT2D eigenvalue weighted by molar-refractivity contribution is 0.250. The van der Waals surface area contributed by atoms with Gasteiger partial charge in [-0.3, -0.25) is 14.6 Å². The van der Waals surface area contributed by atoms with E-state index in [1.807, 2.05) is 13.1 Å². The Morgan fingerprint density at radius 2 is 1.86 bits per heavy atom. The molecule has 0 saturated heterocycles. The SMILES string of the molecule is C=N/C(=C\C)N1C(=O)N(c2c(F)c(OC)cc(OC)c2F)Cc2cnc(-c3cn(C)nc3C)cc21. The number of amides is 2. The summed E-state index contributed by atoms with van der Waals surface area (Å²) in [6, 6.07) is 2.08. The zero-order valence-corrected chi connectivity index (χ0v) is 20.0. The first-order valence-corrected chi connectivity index (χ1v) is 10.6. The zero-order chi connectivity index (χ0) is 25.4. The maximum Gasteiger partial charge on any atom is 0.335 e. The van der Waals surface area contributed by atoms with E-state index in [1.54, 1.807) is 37.0 Å². The number of allylic oxidation sites excluding steroid dienone is 1. The molecule has 3 aromatic rings. The Balaban J connectivity index is 1.93. The summed E-state index contributed by atoms with van der Waals surface area (Å²) in [4.78, 5) is 24.4. The van der Waals surface area contributed by atoms with Crippen molar-refractivity contribution in [3.05, 3.63) is 59.3 Å². The van der Waals surface area contributed by atoms with Crippen molar-refractivity contribution in [2.75, 3.05) is 24.0 Å². The minimum absolute atomic E-state index is 0.151. The average molecular weight is 482 g/mol. The number of carbonyl (C=O) groups is 1. The normalized spacial score (nSPS) is 13.7. The number of urea groups is 1. The fourth-order valence-electron chi connectivity index (χ4n) is 4.06. The maximum absolute atomic E-state index is 15.3. The number of nitrogens with zero attached hydrogens (tertiary/aromatic N) is 6. The number of methoxy groups -OCH3 is 2. The standard InChI is InChI=1S/C24H24F2N6O3/c1-7-20(27-3)32-17-8-16(15-12-30(4)29-13(15)2)28-10-14(17)11-31(24(32)33)23-21(25)18(34-5)9-19(35-6)22(23)26/h7-10,12H,3,11H2,1-2,4-6H3/b20-7+. The molecule has 0 unspecified atom stereocenters. The number of aromatic nitrogens is 3. The molecule has 3 heterocycles. The van der Waals surface area contributed by atoms with Crippen molar-refractivity contribution in [3.8, 4) is 22.8 Å². The highest BCUT2D eigenvalue weighted by Crippen LogP contribution is 2.42. The number of benzene rings is 1. The number of ether oxygens (including phenoxy) is 2. The monoisotopic (exact) mass is 482 g/mol. The summed E-state index contributed by atoms with van der Waals surface area (Å²) >= 11 is 0. The van der Waals surface area contributed by atoms with Crippen LogP contribution in [-0.4, -0.2) is 41.7 Å². The lowest BCUT2D eigenvalue weighted by Gasteiger charge is -2.37. The van der Waals surface area contributed by atoms with Crippen molar-refractivity contribution in [3.63, 3.8) is 0 Å². The second-order valence-corrected chi connectivity index (χ2v) is 7.77. The Morgan fingerprint density at radius 1 is 1.20 bits per heavy atom. The van der Waals surface area contributed by atoms with E-state index >= 15 is 8.78 Å². The second kappa shape index (κ2) is 9.16. The van der Waals surface area contributed by atoms with Gasteiger partial charge in [0.15, 0.2) is 23.1 Å². The van der Waals surface area contributed by atoms with Crippen molar-refractivity contribution < 1.29 is 23.0 Å². The highest BCUT2D eigenvalue weighted by atomic mass is 19.1. The van der Waals surface area contributed by atoms with E-state index in [9.17, 15) is 4.79 Å². The van der Waals surface area contributed by atoms with Crippen LogP contribution in [-0.2, 0) is 13.6 Å². The lowest BCUT2D eigenvalue weighted by Crippen LogP contribution is -2.47. The molecule has 1 aliphatic rings. The molecule has 0 aliphatic carbocycles. The van der Waals surface area contributed by atoms with Gasteiger partial charge in [0.25, 0.3) is 0 Å². The Morgan fingerprint density at radius 3 is 2.37 bits per heavy atom. The topological polar surface area (TPSA) is 85.1 Å². The Hall–Kier alpha value is -4.28. The largest absolute Gasteiger partial charge is 0.493 e. The highest BCUT2D eigenvalue weighted by molar-refractivity contribution is 6.08. The van der Waals surface area contributed by atoms with E-state index in [0.29, 0.717) is 16.9 Å². The quantitative estimate of drug-likeness (QED) is 0.480. The molecule has 2 aromatic heterocycles. The van der Waals surface area contributed by atoms with Crippen LogP contribution in [0, 0.1) is 18.6 Å². The minimum Gasteiger partial charge on any atom is -0.493 e. The Bertz CT molecular complexity index is 1340. The van der Waals surface area contributed by atoms with Gasteiger partial charge in [0, 0.05) is 36.6 Å². The van der Waals surface area contributed by atoms with Gasteiger partial charge in [0.1, 0.15) is 11.5 Å². The number of hydrogen-bond acceptors (Lipinski definition) is 6. The average Bonchev–Trinajstić information content (AvgIpc) is 3.19. The van der Waals surface area contributed by atoms with Gasteiger partial charge in [-0.05, 0) is 32.7 Å². The predicted octanol–water partition coefficient (Wildman–Crippen LogP) is 4.59. The molecule has 35 heavy (non-hydrogen) atoms. The number of pyridine rings is 1. The van der Waals surface area contributed by atoms with Crippen LogP contribution in [0.3, 0.4) is 0 Å². The van der Waals surface area contributed by atoms with Crippen LogP contribution in [0.15, 0.2) is 41.4 Å². The number of aliphatic imine (C=N–C) groups is 1. The first-order chi connectivity index (χ1) is 16.7. The number of carbonyl (C=O) groups excluding carboxylic acids is 1. The fourth-order valence-corrected chi connectivity index (χ4v) is 4.06. The van der Waals surface area contributed by atoms with E-state index in [2.05, 4.69) is 21.8 Å². The summed E-state index contributed by atoms with van der Waals surface area (Å²) in [5.41, 5.74) is 2.53. The number of halogens is 2. The molecular formula is C24H24F2N6O3. The smallest absolute Gasteiger partial charge is 0.335 e. The molecule has 182 valence electrons. The summed E-state index contributed by atoms with van der Waals surface area (Å²) in [5.74, 6) is -2.41. The van der Waals surface area contributed by atoms with E-state index < -0.39 is 23.4 Å². The van der Waals surface area contributed by atoms with Crippen LogP contribution in [0.1, 0.15) is 18.2 Å². The van der Waals surface area contributed by atoms with Crippen molar-refractivity contribution >= 4 is 24.1 Å². The Kier molecular flexibility index (Phi) is 6.25. The number of rotatable bonds is 6. The summed E-state index contributed by atoms with van der Waals surface area (Å²) in [6.07, 6.45) is 4.96. The van der Waals surface area contributed by atoms with Crippen LogP contribution in [0.5, 0.6) is 11.5 Å². The zero-order valence-electron chi connectivity index (χ0n) is 20.0. The molecule has 0 saturated carbocycles. The van der Waals surface area contributed by atoms with Crippen LogP contribution >= 0.6 is 0 Å². The van der Waals surface area contributed by atoms with Gasteiger partial charge in [-0.15, -0.1) is 0 Å². The van der Waals surface area contributed by atoms with Crippen molar-refractivity contribution in [1.82, 2.24) is 14.8 Å². The van der Waals surface area contributed by atoms with Crippen LogP contribution in [0.4, 0.5) is 25.0 Å². The molecule has 0 bridgehead atoms. The molecule has 2 amide bonds. The minimum atomic E-state index is -1.04. The van der Waals surface area contributed by atoms with Gasteiger partial charge in [-0.1, -0.05) is 0 Å². The van der Waals surface area contributed by atoms with Crippen LogP contribution < -0.4 is 19.3 Å². The fraction of sp³-hybridized carbons (Fsp3) is 0.250. The molecule has 11 heteroatoms. The lowest BCUT2D eigenvalue weighted by atomic mass is 10.1. The van der Waals surface area contributed by atoms with Gasteiger partial charge in [0.05, 0.1) is 37.8 Å². The van der Waals surface area contributed by atoms with Gasteiger partial charge >= 0.3 is 6.03 Å². The molecule has 0 atom stereocenters. The van der Waals surface area contributed by atoms with Gasteiger partial charge in [0.2, 0.25) is 0 Å². The van der Waals surface area contributed by atoms with E-state index in [0.717, 1.165) is 22.2 Å². The molecule has 1 aliphatic heterocycles. The first-order valence-electron chi connectivity index (χ1n) is 10.6. The number of anilines is 2. The number of fused-ring (bicyclic) bond motifs is 1. The highest BCUT2D eigenvalue weighted by Gasteiger charge is 2.38. The second-order valence-electron chi connectivity index (χ2n) is 7.77. The molecule has 1 aromatic carbocycles. The summed E-state index contributed by atoms with van der Waals surface area (Å²) in [7, 11) is 4.28. The maximum atomic E-state index is 15.3. The van der Waals surface area contributed by atoms with E-state index in [1.165, 1.54) is 19.1 Å². The molecule has 0 N–H and O–H groups in total. The van der Waals surface area contributed by atoms with Crippen molar-refractivity contribution in [2.45, 2.75) is 20.4 Å². The summed E-state index contributed by atoms with van der Waals surface area (Å²) < 4.78 is 42.3. The summed E-state index contributed by atoms with van der Waals surface area (Å²) in [5, 5.41) is 4.35. The molecular weight excluding hydrogens is 458 g/mol. The van der Waals surface area contributed by atoms with Gasteiger partial charge < -0.3 is 9.47 Å². The third-order valence-electron chi connectivity index (χ3n) is 5.71. The molecule has 4 rings (SSSR count). The van der Waals surface area contributed by atoms with E-state index in [-0.39, 0.29) is 23.9 Å². The third kappa shape index (κ3) is 3.88. The Labute approximate surface area is 200 Å². The van der Waals surface area contributed by atoms with Crippen LogP contribution in [0.2, 0.25) is 0 Å². The van der Waals surface area contributed by atoms with Crippen molar-refractivity contribution in [1.29, 1.82) is 0 Å².